The van der Waals surface area contributed by atoms with Gasteiger partial charge < -0.3 is 4.42 Å². The molecule has 4 nitrogen and oxygen atoms in total. The highest BCUT2D eigenvalue weighted by molar-refractivity contribution is 9.10. The first kappa shape index (κ1) is 12.1. The lowest BCUT2D eigenvalue weighted by atomic mass is 10.1. The third kappa shape index (κ3) is 2.66. The monoisotopic (exact) mass is 296 g/mol. The number of halogens is 1. The Bertz CT molecular complexity index is 528. The van der Waals surface area contributed by atoms with Crippen LogP contribution in [-0.2, 0) is 6.42 Å². The van der Waals surface area contributed by atoms with Gasteiger partial charge in [0.2, 0.25) is 0 Å². The van der Waals surface area contributed by atoms with E-state index in [2.05, 4.69) is 21.0 Å². The maximum atomic E-state index is 11.9. The Hall–Kier alpha value is -1.36. The van der Waals surface area contributed by atoms with Crippen molar-refractivity contribution in [3.8, 4) is 0 Å². The van der Waals surface area contributed by atoms with Gasteiger partial charge in [-0.05, 0) is 41.9 Å². The van der Waals surface area contributed by atoms with Crippen LogP contribution in [0.4, 0.5) is 0 Å². The number of hydrogen-bond donors (Lipinski definition) is 0. The maximum Gasteiger partial charge on any atom is 0.179 e. The minimum absolute atomic E-state index is 0.000342. The fourth-order valence-electron chi connectivity index (χ4n) is 1.51. The summed E-state index contributed by atoms with van der Waals surface area (Å²) < 4.78 is 7.35. The van der Waals surface area contributed by atoms with Crippen molar-refractivity contribution in [1.82, 2.24) is 9.78 Å². The molecule has 0 aliphatic rings. The summed E-state index contributed by atoms with van der Waals surface area (Å²) in [5.41, 5.74) is 1.33. The van der Waals surface area contributed by atoms with Crippen LogP contribution in [0, 0.1) is 0 Å². The highest BCUT2D eigenvalue weighted by Gasteiger charge is 2.14. The number of hydrogen-bond acceptors (Lipinski definition) is 3. The van der Waals surface area contributed by atoms with Crippen molar-refractivity contribution in [1.29, 1.82) is 0 Å². The van der Waals surface area contributed by atoms with Gasteiger partial charge in [0.05, 0.1) is 23.9 Å². The van der Waals surface area contributed by atoms with Crippen LogP contribution in [0.25, 0.3) is 0 Å². The van der Waals surface area contributed by atoms with E-state index in [4.69, 9.17) is 4.42 Å². The number of carbonyl (C=O) groups is 1. The molecule has 0 spiro atoms. The average Bonchev–Trinajstić information content (AvgIpc) is 2.86. The lowest BCUT2D eigenvalue weighted by Crippen LogP contribution is -2.06. The van der Waals surface area contributed by atoms with Gasteiger partial charge in [-0.1, -0.05) is 0 Å². The molecule has 0 N–H and O–H groups in total. The van der Waals surface area contributed by atoms with Gasteiger partial charge in [-0.2, -0.15) is 5.10 Å². The zero-order chi connectivity index (χ0) is 12.4. The molecule has 0 fully saturated rings. The topological polar surface area (TPSA) is 48.0 Å². The van der Waals surface area contributed by atoms with Crippen LogP contribution < -0.4 is 0 Å². The van der Waals surface area contributed by atoms with Gasteiger partial charge in [-0.15, -0.1) is 0 Å². The number of ketones is 1. The van der Waals surface area contributed by atoms with E-state index < -0.39 is 0 Å². The van der Waals surface area contributed by atoms with E-state index in [-0.39, 0.29) is 12.2 Å². The highest BCUT2D eigenvalue weighted by Crippen LogP contribution is 2.19. The minimum Gasteiger partial charge on any atom is -0.457 e. The number of carbonyl (C=O) groups excluding carboxylic acids is 1. The fourth-order valence-corrected chi connectivity index (χ4v) is 1.97. The predicted octanol–water partition coefficient (Wildman–Crippen LogP) is 3.24. The van der Waals surface area contributed by atoms with Crippen molar-refractivity contribution in [2.45, 2.75) is 26.3 Å². The van der Waals surface area contributed by atoms with Crippen LogP contribution in [0.3, 0.4) is 0 Å². The van der Waals surface area contributed by atoms with Crippen molar-refractivity contribution in [3.63, 3.8) is 0 Å². The number of furan rings is 1. The predicted molar refractivity (Wildman–Crippen MR) is 67.1 cm³/mol. The second-order valence-corrected chi connectivity index (χ2v) is 4.81. The molecule has 0 bridgehead atoms. The maximum absolute atomic E-state index is 11.9. The molecule has 0 aromatic carbocycles. The normalized spacial score (nSPS) is 11.1. The van der Waals surface area contributed by atoms with E-state index in [9.17, 15) is 4.79 Å². The first-order chi connectivity index (χ1) is 8.08. The van der Waals surface area contributed by atoms with Crippen molar-refractivity contribution in [2.75, 3.05) is 0 Å². The largest absolute Gasteiger partial charge is 0.457 e. The lowest BCUT2D eigenvalue weighted by molar-refractivity contribution is 0.0990. The van der Waals surface area contributed by atoms with Gasteiger partial charge in [-0.25, -0.2) is 0 Å². The Morgan fingerprint density at radius 2 is 2.29 bits per heavy atom. The van der Waals surface area contributed by atoms with E-state index in [0.717, 1.165) is 5.69 Å². The van der Waals surface area contributed by atoms with Gasteiger partial charge in [0.15, 0.2) is 10.5 Å². The smallest absolute Gasteiger partial charge is 0.179 e. The SMILES string of the molecule is CC(C)n1ccc(CC(=O)c2ccoc2Br)n1. The van der Waals surface area contributed by atoms with Crippen molar-refractivity contribution >= 4 is 21.7 Å². The molecule has 2 aromatic rings. The Morgan fingerprint density at radius 3 is 2.82 bits per heavy atom. The number of Topliss-reactive ketones (excluding diaryl/α,β-unsaturated/α-hetero) is 1. The van der Waals surface area contributed by atoms with E-state index in [1.165, 1.54) is 6.26 Å². The minimum atomic E-state index is -0.000342. The Morgan fingerprint density at radius 1 is 1.53 bits per heavy atom. The van der Waals surface area contributed by atoms with Gasteiger partial charge in [0.1, 0.15) is 0 Å². The van der Waals surface area contributed by atoms with Crippen molar-refractivity contribution < 1.29 is 9.21 Å². The summed E-state index contributed by atoms with van der Waals surface area (Å²) in [7, 11) is 0. The molecule has 0 aliphatic heterocycles. The molecule has 2 rings (SSSR count). The summed E-state index contributed by atoms with van der Waals surface area (Å²) in [5.74, 6) is -0.000342. The summed E-state index contributed by atoms with van der Waals surface area (Å²) in [6, 6.07) is 3.83. The lowest BCUT2D eigenvalue weighted by Gasteiger charge is -2.03. The van der Waals surface area contributed by atoms with Crippen LogP contribution in [0.15, 0.2) is 33.7 Å². The van der Waals surface area contributed by atoms with Gasteiger partial charge in [0.25, 0.3) is 0 Å². The molecular weight excluding hydrogens is 284 g/mol. The fraction of sp³-hybridized carbons (Fsp3) is 0.333. The Labute approximate surface area is 108 Å². The van der Waals surface area contributed by atoms with Gasteiger partial charge in [0, 0.05) is 12.2 Å². The van der Waals surface area contributed by atoms with Crippen LogP contribution in [-0.4, -0.2) is 15.6 Å². The van der Waals surface area contributed by atoms with E-state index in [1.807, 2.05) is 30.8 Å². The molecule has 0 aliphatic carbocycles. The highest BCUT2D eigenvalue weighted by atomic mass is 79.9. The molecule has 0 atom stereocenters. The molecule has 0 radical (unpaired) electrons. The summed E-state index contributed by atoms with van der Waals surface area (Å²) in [6.45, 7) is 4.09. The third-order valence-electron chi connectivity index (χ3n) is 2.45. The summed E-state index contributed by atoms with van der Waals surface area (Å²) in [6.07, 6.45) is 3.67. The zero-order valence-electron chi connectivity index (χ0n) is 9.68. The Balaban J connectivity index is 2.11. The van der Waals surface area contributed by atoms with Gasteiger partial charge >= 0.3 is 0 Å². The number of aromatic nitrogens is 2. The standard InChI is InChI=1S/C12H13BrN2O2/c1-8(2)15-5-3-9(14-15)7-11(16)10-4-6-17-12(10)13/h3-6,8H,7H2,1-2H3. The van der Waals surface area contributed by atoms with E-state index in [1.54, 1.807) is 6.07 Å². The zero-order valence-corrected chi connectivity index (χ0v) is 11.3. The molecule has 0 saturated heterocycles. The van der Waals surface area contributed by atoms with E-state index >= 15 is 0 Å². The molecule has 2 heterocycles. The quantitative estimate of drug-likeness (QED) is 0.814. The molecule has 90 valence electrons. The first-order valence-corrected chi connectivity index (χ1v) is 6.17. The molecule has 0 saturated carbocycles. The molecular formula is C12H13BrN2O2. The number of rotatable bonds is 4. The second-order valence-electron chi connectivity index (χ2n) is 4.09. The van der Waals surface area contributed by atoms with E-state index in [0.29, 0.717) is 16.3 Å². The van der Waals surface area contributed by atoms with Crippen LogP contribution in [0.1, 0.15) is 35.9 Å². The van der Waals surface area contributed by atoms with Crippen molar-refractivity contribution in [2.24, 2.45) is 0 Å². The second kappa shape index (κ2) is 4.87. The molecule has 17 heavy (non-hydrogen) atoms. The van der Waals surface area contributed by atoms with Crippen LogP contribution in [0.5, 0.6) is 0 Å². The summed E-state index contributed by atoms with van der Waals surface area (Å²) >= 11 is 3.20. The van der Waals surface area contributed by atoms with Crippen molar-refractivity contribution in [3.05, 3.63) is 40.5 Å². The average molecular weight is 297 g/mol. The third-order valence-corrected chi connectivity index (χ3v) is 3.07. The van der Waals surface area contributed by atoms with Gasteiger partial charge in [-0.3, -0.25) is 9.48 Å². The first-order valence-electron chi connectivity index (χ1n) is 5.38. The molecule has 0 amide bonds. The Kier molecular flexibility index (Phi) is 3.47. The number of nitrogens with zero attached hydrogens (tertiary/aromatic N) is 2. The summed E-state index contributed by atoms with van der Waals surface area (Å²) in [5, 5.41) is 4.34. The van der Waals surface area contributed by atoms with Crippen LogP contribution in [0.2, 0.25) is 0 Å². The molecule has 0 unspecified atom stereocenters. The molecule has 2 aromatic heterocycles. The molecule has 5 heteroatoms. The van der Waals surface area contributed by atoms with Crippen LogP contribution >= 0.6 is 15.9 Å². The summed E-state index contributed by atoms with van der Waals surface area (Å²) in [4.78, 5) is 11.9.